The summed E-state index contributed by atoms with van der Waals surface area (Å²) in [5, 5.41) is 7.12. The van der Waals surface area contributed by atoms with Gasteiger partial charge in [-0.15, -0.1) is 0 Å². The van der Waals surface area contributed by atoms with Crippen LogP contribution in [0.25, 0.3) is 0 Å². The van der Waals surface area contributed by atoms with E-state index in [2.05, 4.69) is 14.5 Å². The van der Waals surface area contributed by atoms with Gasteiger partial charge in [0.05, 0.1) is 13.7 Å². The van der Waals surface area contributed by atoms with Gasteiger partial charge in [-0.1, -0.05) is 6.07 Å². The van der Waals surface area contributed by atoms with E-state index in [0.717, 1.165) is 49.9 Å². The van der Waals surface area contributed by atoms with Crippen LogP contribution in [0.5, 0.6) is 5.75 Å². The minimum atomic E-state index is -5.08. The lowest BCUT2D eigenvalue weighted by molar-refractivity contribution is -0.192. The van der Waals surface area contributed by atoms with Crippen LogP contribution < -0.4 is 9.64 Å². The molecular weight excluding hydrogens is 429 g/mol. The number of aryl methyl sites for hydroxylation is 1. The van der Waals surface area contributed by atoms with E-state index in [1.165, 1.54) is 0 Å². The minimum Gasteiger partial charge on any atom is -0.497 e. The van der Waals surface area contributed by atoms with Crippen molar-refractivity contribution >= 4 is 17.6 Å². The van der Waals surface area contributed by atoms with Gasteiger partial charge in [0, 0.05) is 56.1 Å². The number of halogens is 3. The molecule has 1 spiro atoms. The molecule has 2 aliphatic heterocycles. The number of imidazole rings is 1. The number of amides is 1. The first kappa shape index (κ1) is 23.6. The molecule has 0 aliphatic carbocycles. The Kier molecular flexibility index (Phi) is 6.77. The van der Waals surface area contributed by atoms with E-state index in [-0.39, 0.29) is 11.3 Å². The molecule has 2 aliphatic rings. The lowest BCUT2D eigenvalue weighted by atomic mass is 9.86. The Morgan fingerprint density at radius 1 is 1.31 bits per heavy atom. The van der Waals surface area contributed by atoms with Crippen LogP contribution in [0.15, 0.2) is 36.7 Å². The van der Waals surface area contributed by atoms with Gasteiger partial charge in [0.2, 0.25) is 5.91 Å². The second-order valence-electron chi connectivity index (χ2n) is 8.08. The number of rotatable bonds is 4. The number of carboxylic acid groups (broad SMARTS) is 1. The maximum absolute atomic E-state index is 12.7. The van der Waals surface area contributed by atoms with Crippen molar-refractivity contribution in [1.29, 1.82) is 0 Å². The Morgan fingerprint density at radius 3 is 2.62 bits per heavy atom. The maximum Gasteiger partial charge on any atom is 0.490 e. The van der Waals surface area contributed by atoms with Gasteiger partial charge in [0.25, 0.3) is 0 Å². The highest BCUT2D eigenvalue weighted by atomic mass is 19.4. The minimum absolute atomic E-state index is 0.0608. The second kappa shape index (κ2) is 9.19. The number of nitrogens with zero attached hydrogens (tertiary/aromatic N) is 4. The van der Waals surface area contributed by atoms with Crippen LogP contribution >= 0.6 is 0 Å². The third kappa shape index (κ3) is 5.39. The van der Waals surface area contributed by atoms with E-state index < -0.39 is 12.1 Å². The summed E-state index contributed by atoms with van der Waals surface area (Å²) in [7, 11) is 3.68. The van der Waals surface area contributed by atoms with Gasteiger partial charge in [-0.3, -0.25) is 9.69 Å². The fourth-order valence-corrected chi connectivity index (χ4v) is 4.09. The van der Waals surface area contributed by atoms with Gasteiger partial charge in [-0.05, 0) is 25.1 Å². The number of hydrogen-bond donors (Lipinski definition) is 1. The highest BCUT2D eigenvalue weighted by molar-refractivity contribution is 5.96. The van der Waals surface area contributed by atoms with Crippen LogP contribution in [0.1, 0.15) is 18.7 Å². The van der Waals surface area contributed by atoms with Crippen molar-refractivity contribution in [1.82, 2.24) is 14.5 Å². The summed E-state index contributed by atoms with van der Waals surface area (Å²) in [4.78, 5) is 30.3. The van der Waals surface area contributed by atoms with E-state index in [4.69, 9.17) is 14.6 Å². The summed E-state index contributed by atoms with van der Waals surface area (Å²) in [6.07, 6.45) is 0.417. The molecule has 2 aromatic rings. The molecule has 1 atom stereocenters. The second-order valence-corrected chi connectivity index (χ2v) is 8.08. The molecule has 3 heterocycles. The number of aromatic nitrogens is 2. The van der Waals surface area contributed by atoms with Crippen LogP contribution in [0.2, 0.25) is 0 Å². The third-order valence-electron chi connectivity index (χ3n) is 5.73. The molecule has 2 saturated heterocycles. The molecule has 8 nitrogen and oxygen atoms in total. The van der Waals surface area contributed by atoms with E-state index in [1.807, 2.05) is 48.6 Å². The van der Waals surface area contributed by atoms with Gasteiger partial charge in [0.1, 0.15) is 11.6 Å². The smallest absolute Gasteiger partial charge is 0.490 e. The molecule has 1 aromatic heterocycles. The molecule has 11 heteroatoms. The number of benzene rings is 1. The summed E-state index contributed by atoms with van der Waals surface area (Å²) >= 11 is 0. The van der Waals surface area contributed by atoms with E-state index in [1.54, 1.807) is 7.11 Å². The first-order chi connectivity index (χ1) is 15.0. The molecule has 4 rings (SSSR count). The Labute approximate surface area is 183 Å². The molecule has 1 N–H and O–H groups in total. The average molecular weight is 454 g/mol. The number of hydrogen-bond acceptors (Lipinski definition) is 5. The van der Waals surface area contributed by atoms with Crippen molar-refractivity contribution in [2.24, 2.45) is 12.5 Å². The molecule has 0 radical (unpaired) electrons. The van der Waals surface area contributed by atoms with Gasteiger partial charge in [-0.25, -0.2) is 9.78 Å². The van der Waals surface area contributed by atoms with Gasteiger partial charge in [0.15, 0.2) is 0 Å². The van der Waals surface area contributed by atoms with Crippen molar-refractivity contribution < 1.29 is 32.6 Å². The first-order valence-electron chi connectivity index (χ1n) is 9.96. The zero-order valence-corrected chi connectivity index (χ0v) is 17.8. The number of carboxylic acids is 1. The third-order valence-corrected chi connectivity index (χ3v) is 5.73. The monoisotopic (exact) mass is 454 g/mol. The fraction of sp³-hybridized carbons (Fsp3) is 0.476. The summed E-state index contributed by atoms with van der Waals surface area (Å²) in [5.74, 6) is -0.681. The Morgan fingerprint density at radius 2 is 2.03 bits per heavy atom. The average Bonchev–Trinajstić information content (AvgIpc) is 3.41. The number of methoxy groups -OCH3 is 1. The lowest BCUT2D eigenvalue weighted by Gasteiger charge is -2.24. The molecule has 32 heavy (non-hydrogen) atoms. The highest BCUT2D eigenvalue weighted by Crippen LogP contribution is 2.42. The van der Waals surface area contributed by atoms with Crippen molar-refractivity contribution in [2.75, 3.05) is 31.6 Å². The Hall–Kier alpha value is -3.08. The fourth-order valence-electron chi connectivity index (χ4n) is 4.09. The zero-order valence-electron chi connectivity index (χ0n) is 17.8. The van der Waals surface area contributed by atoms with E-state index >= 15 is 0 Å². The number of likely N-dealkylation sites (tertiary alicyclic amines) is 1. The summed E-state index contributed by atoms with van der Waals surface area (Å²) < 4.78 is 39.1. The van der Waals surface area contributed by atoms with Crippen molar-refractivity contribution in [2.45, 2.75) is 25.6 Å². The van der Waals surface area contributed by atoms with Crippen LogP contribution in [-0.4, -0.2) is 64.4 Å². The van der Waals surface area contributed by atoms with Gasteiger partial charge < -0.3 is 19.3 Å². The largest absolute Gasteiger partial charge is 0.497 e. The molecule has 2 fully saturated rings. The van der Waals surface area contributed by atoms with Crippen LogP contribution in [0, 0.1) is 5.41 Å². The molecular formula is C21H25F3N4O4. The van der Waals surface area contributed by atoms with E-state index in [9.17, 15) is 18.0 Å². The summed E-state index contributed by atoms with van der Waals surface area (Å²) in [5.41, 5.74) is 0.995. The standard InChI is InChI=1S/C19H24N4O2.C2HF3O2/c1-21-9-7-20-17(21)12-22-8-6-19(13-22)11-18(24)23(14-19)15-4-3-5-16(10-15)25-2;3-2(4,5)1(6)7/h3-5,7,9-10H,6,8,11-14H2,1-2H3;(H,6,7). The highest BCUT2D eigenvalue weighted by Gasteiger charge is 2.47. The lowest BCUT2D eigenvalue weighted by Crippen LogP contribution is -2.31. The van der Waals surface area contributed by atoms with Crippen molar-refractivity contribution in [3.05, 3.63) is 42.5 Å². The Bertz CT molecular complexity index is 978. The molecule has 1 aromatic carbocycles. The van der Waals surface area contributed by atoms with Gasteiger partial charge >= 0.3 is 12.1 Å². The molecule has 0 bridgehead atoms. The van der Waals surface area contributed by atoms with Gasteiger partial charge in [-0.2, -0.15) is 13.2 Å². The SMILES string of the molecule is COc1cccc(N2CC3(CCN(Cc4nccn4C)C3)CC2=O)c1.O=C(O)C(F)(F)F. The van der Waals surface area contributed by atoms with Crippen molar-refractivity contribution in [3.63, 3.8) is 0 Å². The molecule has 1 amide bonds. The predicted molar refractivity (Wildman–Crippen MR) is 109 cm³/mol. The number of carbonyl (C=O) groups excluding carboxylic acids is 1. The quantitative estimate of drug-likeness (QED) is 0.765. The number of carbonyl (C=O) groups is 2. The number of ether oxygens (including phenoxy) is 1. The normalized spacial score (nSPS) is 21.0. The topological polar surface area (TPSA) is 87.9 Å². The summed E-state index contributed by atoms with van der Waals surface area (Å²) in [6, 6.07) is 7.77. The van der Waals surface area contributed by atoms with Crippen molar-refractivity contribution in [3.8, 4) is 5.75 Å². The predicted octanol–water partition coefficient (Wildman–Crippen LogP) is 2.69. The number of anilines is 1. The van der Waals surface area contributed by atoms with E-state index in [0.29, 0.717) is 6.42 Å². The van der Waals surface area contributed by atoms with Crippen LogP contribution in [-0.2, 0) is 23.2 Å². The zero-order chi connectivity index (χ0) is 23.5. The number of aliphatic carboxylic acids is 1. The maximum atomic E-state index is 12.7. The Balaban J connectivity index is 0.000000360. The molecule has 0 saturated carbocycles. The first-order valence-corrected chi connectivity index (χ1v) is 9.96. The van der Waals surface area contributed by atoms with Crippen LogP contribution in [0.4, 0.5) is 18.9 Å². The summed E-state index contributed by atoms with van der Waals surface area (Å²) in [6.45, 7) is 3.60. The van der Waals surface area contributed by atoms with Crippen LogP contribution in [0.3, 0.4) is 0 Å². The molecule has 174 valence electrons. The number of alkyl halides is 3. The molecule has 1 unspecified atom stereocenters.